The number of hydrogen-bond donors (Lipinski definition) is 3. The lowest BCUT2D eigenvalue weighted by atomic mass is 10.0. The highest BCUT2D eigenvalue weighted by Gasteiger charge is 2.29. The molecule has 1 aliphatic heterocycles. The van der Waals surface area contributed by atoms with Gasteiger partial charge in [0.05, 0.1) is 5.60 Å². The summed E-state index contributed by atoms with van der Waals surface area (Å²) in [5, 5.41) is 9.55. The number of carbonyl (C=O) groups is 1. The van der Waals surface area contributed by atoms with Crippen LogP contribution in [0.1, 0.15) is 38.2 Å². The molecule has 1 amide bonds. The number of halogens is 1. The van der Waals surface area contributed by atoms with Crippen molar-refractivity contribution in [1.29, 1.82) is 0 Å². The van der Waals surface area contributed by atoms with E-state index in [1.165, 1.54) is 0 Å². The second-order valence-corrected chi connectivity index (χ2v) is 7.46. The number of nitrogens with one attached hydrogen (secondary N) is 3. The zero-order valence-corrected chi connectivity index (χ0v) is 19.0. The van der Waals surface area contributed by atoms with Crippen molar-refractivity contribution in [2.45, 2.75) is 50.8 Å². The molecule has 156 valence electrons. The summed E-state index contributed by atoms with van der Waals surface area (Å²) in [6.07, 6.45) is 4.32. The molecular weight excluding hydrogens is 471 g/mol. The molecule has 1 heterocycles. The van der Waals surface area contributed by atoms with Gasteiger partial charge in [0.2, 0.25) is 0 Å². The van der Waals surface area contributed by atoms with Crippen LogP contribution in [0.5, 0.6) is 5.75 Å². The minimum absolute atomic E-state index is 0. The number of ether oxygens (including phenoxy) is 2. The molecule has 1 aliphatic carbocycles. The normalized spacial score (nSPS) is 21.6. The summed E-state index contributed by atoms with van der Waals surface area (Å²) < 4.78 is 11.4. The van der Waals surface area contributed by atoms with Gasteiger partial charge in [-0.05, 0) is 50.3 Å². The molecule has 0 aromatic heterocycles. The van der Waals surface area contributed by atoms with Crippen molar-refractivity contribution < 1.29 is 14.3 Å². The summed E-state index contributed by atoms with van der Waals surface area (Å²) >= 11 is 0. The number of nitrogens with zero attached hydrogens (tertiary/aromatic N) is 1. The highest BCUT2D eigenvalue weighted by atomic mass is 127. The van der Waals surface area contributed by atoms with E-state index in [0.717, 1.165) is 50.4 Å². The Bertz CT molecular complexity index is 673. The van der Waals surface area contributed by atoms with Crippen molar-refractivity contribution in [2.75, 3.05) is 26.8 Å². The van der Waals surface area contributed by atoms with Gasteiger partial charge in [-0.3, -0.25) is 9.79 Å². The Morgan fingerprint density at radius 1 is 1.36 bits per heavy atom. The largest absolute Gasteiger partial charge is 0.484 e. The summed E-state index contributed by atoms with van der Waals surface area (Å²) in [7, 11) is 1.76. The van der Waals surface area contributed by atoms with E-state index in [1.807, 2.05) is 24.3 Å². The number of hydrogen-bond acceptors (Lipinski definition) is 4. The van der Waals surface area contributed by atoms with Gasteiger partial charge in [-0.25, -0.2) is 0 Å². The number of aliphatic imine (C=N–C) groups is 1. The first-order chi connectivity index (χ1) is 13.1. The average molecular weight is 502 g/mol. The quantitative estimate of drug-likeness (QED) is 0.289. The van der Waals surface area contributed by atoms with Gasteiger partial charge in [0.25, 0.3) is 5.91 Å². The lowest BCUT2D eigenvalue weighted by molar-refractivity contribution is -0.123. The van der Waals surface area contributed by atoms with Crippen LogP contribution in [-0.2, 0) is 16.1 Å². The monoisotopic (exact) mass is 502 g/mol. The van der Waals surface area contributed by atoms with Crippen LogP contribution in [0, 0.1) is 0 Å². The molecule has 1 aromatic carbocycles. The number of benzene rings is 1. The number of rotatable bonds is 8. The van der Waals surface area contributed by atoms with E-state index in [9.17, 15) is 4.79 Å². The van der Waals surface area contributed by atoms with E-state index in [-0.39, 0.29) is 42.1 Å². The molecule has 0 bridgehead atoms. The predicted molar refractivity (Wildman–Crippen MR) is 120 cm³/mol. The lowest BCUT2D eigenvalue weighted by Crippen LogP contribution is -2.45. The Labute approximate surface area is 184 Å². The third-order valence-electron chi connectivity index (χ3n) is 4.82. The van der Waals surface area contributed by atoms with E-state index < -0.39 is 0 Å². The Hall–Kier alpha value is -1.55. The second kappa shape index (κ2) is 10.8. The first-order valence-corrected chi connectivity index (χ1v) is 9.66. The molecule has 1 atom stereocenters. The van der Waals surface area contributed by atoms with Gasteiger partial charge in [0.15, 0.2) is 12.6 Å². The number of carbonyl (C=O) groups excluding carboxylic acids is 1. The maximum Gasteiger partial charge on any atom is 0.258 e. The summed E-state index contributed by atoms with van der Waals surface area (Å²) in [6.45, 7) is 4.35. The van der Waals surface area contributed by atoms with Crippen molar-refractivity contribution >= 4 is 35.8 Å². The summed E-state index contributed by atoms with van der Waals surface area (Å²) in [5.41, 5.74) is 0.938. The van der Waals surface area contributed by atoms with Crippen LogP contribution in [0.4, 0.5) is 0 Å². The van der Waals surface area contributed by atoms with Crippen molar-refractivity contribution in [2.24, 2.45) is 4.99 Å². The Morgan fingerprint density at radius 3 is 2.86 bits per heavy atom. The van der Waals surface area contributed by atoms with Crippen molar-refractivity contribution in [3.8, 4) is 5.75 Å². The van der Waals surface area contributed by atoms with Crippen molar-refractivity contribution in [3.63, 3.8) is 0 Å². The summed E-state index contributed by atoms with van der Waals surface area (Å²) in [5.74, 6) is 1.37. The van der Waals surface area contributed by atoms with Gasteiger partial charge in [-0.15, -0.1) is 24.0 Å². The van der Waals surface area contributed by atoms with E-state index >= 15 is 0 Å². The van der Waals surface area contributed by atoms with E-state index in [1.54, 1.807) is 7.05 Å². The Morgan fingerprint density at radius 2 is 2.18 bits per heavy atom. The van der Waals surface area contributed by atoms with E-state index in [2.05, 4.69) is 27.9 Å². The topological polar surface area (TPSA) is 84.0 Å². The Balaban J connectivity index is 0.00000280. The van der Waals surface area contributed by atoms with E-state index in [0.29, 0.717) is 18.3 Å². The fraction of sp³-hybridized carbons (Fsp3) is 0.600. The van der Waals surface area contributed by atoms with Crippen LogP contribution in [0.25, 0.3) is 0 Å². The first-order valence-electron chi connectivity index (χ1n) is 9.66. The van der Waals surface area contributed by atoms with Crippen molar-refractivity contribution in [3.05, 3.63) is 29.8 Å². The van der Waals surface area contributed by atoms with Crippen LogP contribution in [0.15, 0.2) is 29.3 Å². The van der Waals surface area contributed by atoms with Crippen molar-refractivity contribution in [1.82, 2.24) is 16.0 Å². The molecule has 3 N–H and O–H groups in total. The average Bonchev–Trinajstić information content (AvgIpc) is 3.38. The van der Waals surface area contributed by atoms with Crippen LogP contribution >= 0.6 is 24.0 Å². The van der Waals surface area contributed by atoms with Gasteiger partial charge in [0.1, 0.15) is 5.75 Å². The maximum absolute atomic E-state index is 11.7. The molecule has 1 saturated carbocycles. The zero-order chi connectivity index (χ0) is 19.1. The van der Waals surface area contributed by atoms with Gasteiger partial charge < -0.3 is 25.4 Å². The molecule has 3 rings (SSSR count). The summed E-state index contributed by atoms with van der Waals surface area (Å²) in [4.78, 5) is 16.0. The molecular formula is C20H31IN4O3. The molecule has 7 nitrogen and oxygen atoms in total. The third kappa shape index (κ3) is 7.46. The minimum atomic E-state index is -0.119. The first kappa shape index (κ1) is 22.7. The molecule has 0 spiro atoms. The molecule has 1 aromatic rings. The van der Waals surface area contributed by atoms with Crippen LogP contribution < -0.4 is 20.7 Å². The summed E-state index contributed by atoms with van der Waals surface area (Å²) in [6, 6.07) is 8.09. The number of amides is 1. The number of guanidine groups is 1. The SMILES string of the molecule is CN=C(NCc1cccc(OCC(=O)NC2CC2)c1)NCC1(C)CCCO1.I. The molecule has 1 saturated heterocycles. The lowest BCUT2D eigenvalue weighted by Gasteiger charge is -2.24. The molecule has 8 heteroatoms. The Kier molecular flexibility index (Phi) is 8.81. The van der Waals surface area contributed by atoms with Gasteiger partial charge >= 0.3 is 0 Å². The maximum atomic E-state index is 11.7. The molecule has 0 radical (unpaired) electrons. The van der Waals surface area contributed by atoms with E-state index in [4.69, 9.17) is 9.47 Å². The zero-order valence-electron chi connectivity index (χ0n) is 16.6. The molecule has 2 fully saturated rings. The fourth-order valence-electron chi connectivity index (χ4n) is 3.04. The molecule has 1 unspecified atom stereocenters. The fourth-order valence-corrected chi connectivity index (χ4v) is 3.04. The smallest absolute Gasteiger partial charge is 0.258 e. The minimum Gasteiger partial charge on any atom is -0.484 e. The van der Waals surface area contributed by atoms with Crippen LogP contribution in [0.3, 0.4) is 0 Å². The van der Waals surface area contributed by atoms with Gasteiger partial charge in [0, 0.05) is 32.8 Å². The standard InChI is InChI=1S/C20H30N4O3.HI/c1-20(9-4-10-27-20)14-23-19(21-2)22-12-15-5-3-6-17(11-15)26-13-18(25)24-16-7-8-16;/h3,5-6,11,16H,4,7-10,12-14H2,1-2H3,(H,24,25)(H2,21,22,23);1H. The highest BCUT2D eigenvalue weighted by Crippen LogP contribution is 2.23. The predicted octanol–water partition coefficient (Wildman–Crippen LogP) is 2.20. The molecule has 2 aliphatic rings. The van der Waals surface area contributed by atoms with Crippen LogP contribution in [-0.4, -0.2) is 50.3 Å². The van der Waals surface area contributed by atoms with Gasteiger partial charge in [-0.1, -0.05) is 12.1 Å². The van der Waals surface area contributed by atoms with Gasteiger partial charge in [-0.2, -0.15) is 0 Å². The molecule has 28 heavy (non-hydrogen) atoms. The van der Waals surface area contributed by atoms with Crippen LogP contribution in [0.2, 0.25) is 0 Å². The highest BCUT2D eigenvalue weighted by molar-refractivity contribution is 14.0. The second-order valence-electron chi connectivity index (χ2n) is 7.46. The third-order valence-corrected chi connectivity index (χ3v) is 4.82.